The summed E-state index contributed by atoms with van der Waals surface area (Å²) in [5.74, 6) is 0.182. The maximum absolute atomic E-state index is 13.3. The molecule has 0 aliphatic heterocycles. The first kappa shape index (κ1) is 18.7. The molecule has 0 N–H and O–H groups in total. The number of thiazole rings is 1. The van der Waals surface area contributed by atoms with Gasteiger partial charge in [0.15, 0.2) is 10.9 Å². The van der Waals surface area contributed by atoms with E-state index in [1.165, 1.54) is 5.56 Å². The highest BCUT2D eigenvalue weighted by molar-refractivity contribution is 7.22. The highest BCUT2D eigenvalue weighted by Gasteiger charge is 2.24. The monoisotopic (exact) mass is 393 g/mol. The average Bonchev–Trinajstić information content (AvgIpc) is 3.31. The van der Waals surface area contributed by atoms with E-state index in [0.717, 1.165) is 34.2 Å². The molecular formula is C22H23N3O2S. The van der Waals surface area contributed by atoms with Crippen molar-refractivity contribution in [2.45, 2.75) is 13.3 Å². The van der Waals surface area contributed by atoms with Crippen molar-refractivity contribution in [1.82, 2.24) is 9.88 Å². The number of nitrogens with zero attached hydrogens (tertiary/aromatic N) is 3. The number of hydrogen-bond donors (Lipinski definition) is 0. The van der Waals surface area contributed by atoms with Crippen molar-refractivity contribution in [2.24, 2.45) is 0 Å². The molecule has 0 spiro atoms. The van der Waals surface area contributed by atoms with Crippen molar-refractivity contribution in [3.8, 4) is 0 Å². The number of aryl methyl sites for hydroxylation is 1. The molecule has 2 aromatic carbocycles. The third kappa shape index (κ3) is 3.66. The van der Waals surface area contributed by atoms with E-state index in [2.05, 4.69) is 24.0 Å². The third-order valence-corrected chi connectivity index (χ3v) is 5.77. The topological polar surface area (TPSA) is 49.6 Å². The van der Waals surface area contributed by atoms with Crippen molar-refractivity contribution < 1.29 is 9.21 Å². The van der Waals surface area contributed by atoms with E-state index in [0.29, 0.717) is 17.4 Å². The summed E-state index contributed by atoms with van der Waals surface area (Å²) in [5.41, 5.74) is 2.91. The molecule has 2 heterocycles. The van der Waals surface area contributed by atoms with Crippen LogP contribution in [0.4, 0.5) is 5.13 Å². The van der Waals surface area contributed by atoms with Crippen molar-refractivity contribution in [3.05, 3.63) is 59.9 Å². The van der Waals surface area contributed by atoms with Gasteiger partial charge in [0.1, 0.15) is 5.58 Å². The zero-order chi connectivity index (χ0) is 19.7. The molecule has 1 amide bonds. The van der Waals surface area contributed by atoms with Crippen LogP contribution in [0.15, 0.2) is 52.9 Å². The summed E-state index contributed by atoms with van der Waals surface area (Å²) in [7, 11) is 3.99. The number of furan rings is 1. The number of carbonyl (C=O) groups excluding carboxylic acids is 1. The lowest BCUT2D eigenvalue weighted by Gasteiger charge is -2.20. The summed E-state index contributed by atoms with van der Waals surface area (Å²) in [5, 5.41) is 1.63. The first-order valence-electron chi connectivity index (χ1n) is 9.40. The third-order valence-electron chi connectivity index (χ3n) is 4.73. The van der Waals surface area contributed by atoms with Crippen molar-refractivity contribution in [1.29, 1.82) is 0 Å². The lowest BCUT2D eigenvalue weighted by Crippen LogP contribution is -2.36. The Morgan fingerprint density at radius 2 is 1.93 bits per heavy atom. The Kier molecular flexibility index (Phi) is 5.15. The van der Waals surface area contributed by atoms with Crippen LogP contribution >= 0.6 is 11.3 Å². The number of hydrogen-bond acceptors (Lipinski definition) is 5. The summed E-state index contributed by atoms with van der Waals surface area (Å²) in [6.45, 7) is 3.42. The van der Waals surface area contributed by atoms with Gasteiger partial charge in [0.2, 0.25) is 0 Å². The molecule has 0 fully saturated rings. The van der Waals surface area contributed by atoms with Gasteiger partial charge in [-0.05, 0) is 50.3 Å². The summed E-state index contributed by atoms with van der Waals surface area (Å²) in [6, 6.07) is 15.8. The lowest BCUT2D eigenvalue weighted by atomic mass is 10.2. The summed E-state index contributed by atoms with van der Waals surface area (Å²) in [6.07, 6.45) is 0.978. The van der Waals surface area contributed by atoms with Crippen LogP contribution in [0.1, 0.15) is 23.0 Å². The number of aromatic nitrogens is 1. The summed E-state index contributed by atoms with van der Waals surface area (Å²) < 4.78 is 6.92. The fraction of sp³-hybridized carbons (Fsp3) is 0.273. The molecule has 0 aliphatic carbocycles. The number of rotatable bonds is 6. The molecule has 2 aromatic heterocycles. The van der Waals surface area contributed by atoms with Crippen molar-refractivity contribution >= 4 is 43.6 Å². The number of carbonyl (C=O) groups is 1. The number of benzene rings is 2. The fourth-order valence-corrected chi connectivity index (χ4v) is 4.15. The van der Waals surface area contributed by atoms with E-state index in [4.69, 9.17) is 9.40 Å². The van der Waals surface area contributed by atoms with E-state index < -0.39 is 0 Å². The molecule has 0 bridgehead atoms. The van der Waals surface area contributed by atoms with Gasteiger partial charge in [-0.3, -0.25) is 9.69 Å². The Morgan fingerprint density at radius 1 is 1.11 bits per heavy atom. The Balaban J connectivity index is 1.72. The minimum atomic E-state index is -0.159. The number of likely N-dealkylation sites (N-methyl/N-ethyl adjacent to an activating group) is 1. The molecule has 28 heavy (non-hydrogen) atoms. The fourth-order valence-electron chi connectivity index (χ4n) is 3.10. The highest BCUT2D eigenvalue weighted by Crippen LogP contribution is 2.31. The normalized spacial score (nSPS) is 11.6. The van der Waals surface area contributed by atoms with Crippen LogP contribution in [0, 0.1) is 0 Å². The van der Waals surface area contributed by atoms with Crippen LogP contribution in [0.3, 0.4) is 0 Å². The number of anilines is 1. The number of fused-ring (bicyclic) bond motifs is 2. The van der Waals surface area contributed by atoms with E-state index in [1.807, 2.05) is 50.5 Å². The van der Waals surface area contributed by atoms with Crippen LogP contribution in [0.2, 0.25) is 0 Å². The first-order chi connectivity index (χ1) is 13.5. The van der Waals surface area contributed by atoms with Crippen molar-refractivity contribution in [3.63, 3.8) is 0 Å². The van der Waals surface area contributed by atoms with Crippen LogP contribution in [-0.4, -0.2) is 43.0 Å². The van der Waals surface area contributed by atoms with Gasteiger partial charge in [-0.2, -0.15) is 0 Å². The second-order valence-corrected chi connectivity index (χ2v) is 8.07. The number of amides is 1. The zero-order valence-electron chi connectivity index (χ0n) is 16.3. The minimum Gasteiger partial charge on any atom is -0.451 e. The molecule has 0 radical (unpaired) electrons. The second kappa shape index (κ2) is 7.73. The summed E-state index contributed by atoms with van der Waals surface area (Å²) >= 11 is 1.55. The molecule has 4 aromatic rings. The van der Waals surface area contributed by atoms with Crippen LogP contribution in [0.25, 0.3) is 21.2 Å². The predicted molar refractivity (Wildman–Crippen MR) is 115 cm³/mol. The molecule has 0 unspecified atom stereocenters. The highest BCUT2D eigenvalue weighted by atomic mass is 32.1. The molecule has 0 aliphatic rings. The largest absolute Gasteiger partial charge is 0.451 e. The molecule has 144 valence electrons. The first-order valence-corrected chi connectivity index (χ1v) is 10.2. The van der Waals surface area contributed by atoms with E-state index in [-0.39, 0.29) is 5.91 Å². The standard InChI is InChI=1S/C22H23N3O2S/c1-4-15-9-10-17-20(13-15)28-22(23-17)25(12-11-24(2)3)21(26)19-14-16-7-5-6-8-18(16)27-19/h5-10,13-14H,4,11-12H2,1-3H3. The molecule has 0 saturated carbocycles. The Bertz CT molecular complexity index is 1100. The number of para-hydroxylation sites is 1. The van der Waals surface area contributed by atoms with Crippen LogP contribution in [-0.2, 0) is 6.42 Å². The molecule has 4 rings (SSSR count). The van der Waals surface area contributed by atoms with Gasteiger partial charge in [0.05, 0.1) is 10.2 Å². The average molecular weight is 394 g/mol. The smallest absolute Gasteiger partial charge is 0.295 e. The van der Waals surface area contributed by atoms with Crippen molar-refractivity contribution in [2.75, 3.05) is 32.1 Å². The molecule has 0 saturated heterocycles. The second-order valence-electron chi connectivity index (χ2n) is 7.06. The maximum Gasteiger partial charge on any atom is 0.295 e. The predicted octanol–water partition coefficient (Wildman–Crippen LogP) is 4.81. The van der Waals surface area contributed by atoms with Gasteiger partial charge in [-0.25, -0.2) is 4.98 Å². The van der Waals surface area contributed by atoms with Gasteiger partial charge in [-0.15, -0.1) is 0 Å². The molecular weight excluding hydrogens is 370 g/mol. The van der Waals surface area contributed by atoms with E-state index in [9.17, 15) is 4.79 Å². The van der Waals surface area contributed by atoms with Gasteiger partial charge in [0.25, 0.3) is 5.91 Å². The van der Waals surface area contributed by atoms with Gasteiger partial charge < -0.3 is 9.32 Å². The van der Waals surface area contributed by atoms with E-state index >= 15 is 0 Å². The Hall–Kier alpha value is -2.70. The maximum atomic E-state index is 13.3. The van der Waals surface area contributed by atoms with Gasteiger partial charge in [-0.1, -0.05) is 42.5 Å². The quantitative estimate of drug-likeness (QED) is 0.472. The Morgan fingerprint density at radius 3 is 2.68 bits per heavy atom. The molecule has 6 heteroatoms. The van der Waals surface area contributed by atoms with Gasteiger partial charge in [0, 0.05) is 18.5 Å². The SMILES string of the molecule is CCc1ccc2nc(N(CCN(C)C)C(=O)c3cc4ccccc4o3)sc2c1. The molecule has 0 atom stereocenters. The van der Waals surface area contributed by atoms with Crippen LogP contribution < -0.4 is 4.90 Å². The van der Waals surface area contributed by atoms with Crippen LogP contribution in [0.5, 0.6) is 0 Å². The van der Waals surface area contributed by atoms with Gasteiger partial charge >= 0.3 is 0 Å². The summed E-state index contributed by atoms with van der Waals surface area (Å²) in [4.78, 5) is 21.8. The minimum absolute atomic E-state index is 0.159. The zero-order valence-corrected chi connectivity index (χ0v) is 17.1. The lowest BCUT2D eigenvalue weighted by molar-refractivity contribution is 0.0960. The Labute approximate surface area is 168 Å². The van der Waals surface area contributed by atoms with E-state index in [1.54, 1.807) is 16.2 Å². The molecule has 5 nitrogen and oxygen atoms in total.